The largest absolute Gasteiger partial charge is 0.412 e. The Hall–Kier alpha value is -2.81. The molecule has 2 aliphatic carbocycles. The van der Waals surface area contributed by atoms with Crippen LogP contribution in [-0.2, 0) is 18.3 Å². The van der Waals surface area contributed by atoms with Crippen LogP contribution in [0.4, 0.5) is 4.79 Å². The van der Waals surface area contributed by atoms with E-state index in [0.29, 0.717) is 31.1 Å². The second-order valence-corrected chi connectivity index (χ2v) is 10.1. The van der Waals surface area contributed by atoms with Gasteiger partial charge in [0.1, 0.15) is 11.4 Å². The van der Waals surface area contributed by atoms with Crippen molar-refractivity contribution in [3.05, 3.63) is 65.2 Å². The number of nitrogens with zero attached hydrogens (tertiary/aromatic N) is 1. The predicted molar refractivity (Wildman–Crippen MR) is 135 cm³/mol. The fraction of sp³-hybridized carbons (Fsp3) is 0.483. The lowest BCUT2D eigenvalue weighted by Crippen LogP contribution is -2.50. The second kappa shape index (κ2) is 10.2. The third kappa shape index (κ3) is 5.29. The fourth-order valence-electron chi connectivity index (χ4n) is 5.89. The first-order chi connectivity index (χ1) is 16.3. The number of hydrogen-bond acceptors (Lipinski definition) is 4. The summed E-state index contributed by atoms with van der Waals surface area (Å²) in [5.74, 6) is 6.97. The molecule has 4 rings (SSSR count). The Labute approximate surface area is 203 Å². The minimum absolute atomic E-state index is 0.0525. The lowest BCUT2D eigenvalue weighted by molar-refractivity contribution is -0.00804. The maximum atomic E-state index is 12.2. The van der Waals surface area contributed by atoms with Crippen LogP contribution >= 0.6 is 0 Å². The number of nitrogens with one attached hydrogen (secondary N) is 1. The summed E-state index contributed by atoms with van der Waals surface area (Å²) < 4.78 is 5.59. The van der Waals surface area contributed by atoms with Gasteiger partial charge in [-0.2, -0.15) is 0 Å². The number of aryl methyl sites for hydroxylation is 1. The van der Waals surface area contributed by atoms with E-state index in [1.807, 2.05) is 31.1 Å². The summed E-state index contributed by atoms with van der Waals surface area (Å²) in [5, 5.41) is 14.0. The molecule has 2 aromatic carbocycles. The first kappa shape index (κ1) is 24.3. The number of likely N-dealkylation sites (N-methyl/N-ethyl adjacent to an activating group) is 1. The summed E-state index contributed by atoms with van der Waals surface area (Å²) in [6.45, 7) is 3.11. The molecule has 180 valence electrons. The Morgan fingerprint density at radius 3 is 2.74 bits per heavy atom. The van der Waals surface area contributed by atoms with Crippen LogP contribution in [0, 0.1) is 17.8 Å². The third-order valence-electron chi connectivity index (χ3n) is 7.48. The summed E-state index contributed by atoms with van der Waals surface area (Å²) in [6, 6.07) is 16.8. The van der Waals surface area contributed by atoms with Crippen molar-refractivity contribution in [2.75, 3.05) is 27.2 Å². The molecular weight excluding hydrogens is 424 g/mol. The van der Waals surface area contributed by atoms with Gasteiger partial charge in [0, 0.05) is 18.5 Å². The van der Waals surface area contributed by atoms with Crippen LogP contribution in [0.15, 0.2) is 48.5 Å². The summed E-state index contributed by atoms with van der Waals surface area (Å²) >= 11 is 0. The van der Waals surface area contributed by atoms with Crippen molar-refractivity contribution in [3.63, 3.8) is 0 Å². The van der Waals surface area contributed by atoms with Gasteiger partial charge in [0.05, 0.1) is 0 Å². The molecule has 1 saturated carbocycles. The van der Waals surface area contributed by atoms with Crippen molar-refractivity contribution in [1.29, 1.82) is 0 Å². The Bertz CT molecular complexity index is 1070. The first-order valence-corrected chi connectivity index (χ1v) is 12.3. The zero-order valence-electron chi connectivity index (χ0n) is 20.6. The molecule has 0 radical (unpaired) electrons. The van der Waals surface area contributed by atoms with E-state index in [1.165, 1.54) is 16.7 Å². The van der Waals surface area contributed by atoms with Gasteiger partial charge in [-0.3, -0.25) is 0 Å². The molecule has 0 heterocycles. The maximum absolute atomic E-state index is 12.2. The van der Waals surface area contributed by atoms with Gasteiger partial charge in [0.25, 0.3) is 0 Å². The quantitative estimate of drug-likeness (QED) is 0.631. The first-order valence-electron chi connectivity index (χ1n) is 12.3. The van der Waals surface area contributed by atoms with Crippen LogP contribution < -0.4 is 10.1 Å². The highest BCUT2D eigenvalue weighted by Crippen LogP contribution is 2.54. The maximum Gasteiger partial charge on any atom is 0.412 e. The number of ether oxygens (including phenoxy) is 1. The average Bonchev–Trinajstić information content (AvgIpc) is 2.80. The molecule has 0 aromatic heterocycles. The lowest BCUT2D eigenvalue weighted by Gasteiger charge is -2.52. The molecule has 34 heavy (non-hydrogen) atoms. The highest BCUT2D eigenvalue weighted by molar-refractivity contribution is 5.70. The summed E-state index contributed by atoms with van der Waals surface area (Å²) in [5.41, 5.74) is 2.94. The van der Waals surface area contributed by atoms with Crippen molar-refractivity contribution in [3.8, 4) is 17.6 Å². The molecule has 5 nitrogen and oxygen atoms in total. The minimum atomic E-state index is -0.898. The van der Waals surface area contributed by atoms with E-state index < -0.39 is 11.7 Å². The molecule has 5 heteroatoms. The van der Waals surface area contributed by atoms with Gasteiger partial charge in [-0.25, -0.2) is 4.79 Å². The van der Waals surface area contributed by atoms with Gasteiger partial charge in [-0.1, -0.05) is 42.3 Å². The SMILES string of the molecule is CC#C[C@@]1(O)CC[C@]2(Cc3ccccc3)c3ccc(OC(=O)NCCN(C)C)cc3CC[C@H]2C1. The molecule has 2 aliphatic rings. The topological polar surface area (TPSA) is 61.8 Å². The van der Waals surface area contributed by atoms with Gasteiger partial charge in [0.2, 0.25) is 0 Å². The number of rotatable bonds is 6. The van der Waals surface area contributed by atoms with Crippen LogP contribution in [0.2, 0.25) is 0 Å². The van der Waals surface area contributed by atoms with E-state index in [2.05, 4.69) is 53.6 Å². The summed E-state index contributed by atoms with van der Waals surface area (Å²) in [7, 11) is 3.94. The Kier molecular flexibility index (Phi) is 7.30. The Morgan fingerprint density at radius 2 is 2.00 bits per heavy atom. The molecule has 0 saturated heterocycles. The molecule has 0 spiro atoms. The number of carbonyl (C=O) groups is 1. The molecule has 0 aliphatic heterocycles. The fourth-order valence-corrected chi connectivity index (χ4v) is 5.89. The van der Waals surface area contributed by atoms with Crippen molar-refractivity contribution < 1.29 is 14.6 Å². The highest BCUT2D eigenvalue weighted by Gasteiger charge is 2.51. The minimum Gasteiger partial charge on any atom is -0.410 e. The van der Waals surface area contributed by atoms with Crippen molar-refractivity contribution in [1.82, 2.24) is 10.2 Å². The van der Waals surface area contributed by atoms with E-state index in [9.17, 15) is 9.90 Å². The number of hydrogen-bond donors (Lipinski definition) is 2. The van der Waals surface area contributed by atoms with E-state index >= 15 is 0 Å². The molecule has 3 atom stereocenters. The van der Waals surface area contributed by atoms with Gasteiger partial charge in [-0.05, 0) is 94.3 Å². The summed E-state index contributed by atoms with van der Waals surface area (Å²) in [6.07, 6.45) is 4.67. The van der Waals surface area contributed by atoms with Gasteiger partial charge in [0.15, 0.2) is 0 Å². The Morgan fingerprint density at radius 1 is 1.21 bits per heavy atom. The third-order valence-corrected chi connectivity index (χ3v) is 7.48. The van der Waals surface area contributed by atoms with E-state index in [0.717, 1.165) is 32.2 Å². The Balaban J connectivity index is 1.61. The monoisotopic (exact) mass is 460 g/mol. The summed E-state index contributed by atoms with van der Waals surface area (Å²) in [4.78, 5) is 14.2. The van der Waals surface area contributed by atoms with Crippen LogP contribution in [0.25, 0.3) is 0 Å². The van der Waals surface area contributed by atoms with Gasteiger partial charge in [-0.15, -0.1) is 5.92 Å². The average molecular weight is 461 g/mol. The molecule has 0 unspecified atom stereocenters. The molecular formula is C29H36N2O3. The zero-order valence-corrected chi connectivity index (χ0v) is 20.6. The standard InChI is InChI=1S/C29H36N2O3/c1-4-14-28(33)15-16-29(20-22-8-6-5-7-9-22)24(21-28)11-10-23-19-25(12-13-26(23)29)34-27(32)30-17-18-31(2)3/h5-9,12-13,19,24,33H,10-11,15-18,20-21H2,1-3H3,(H,30,32)/t24-,28+,29+/m0/s1. The molecule has 0 bridgehead atoms. The zero-order chi connectivity index (χ0) is 24.2. The van der Waals surface area contributed by atoms with Crippen LogP contribution in [0.5, 0.6) is 5.75 Å². The van der Waals surface area contributed by atoms with Crippen LogP contribution in [0.1, 0.15) is 49.3 Å². The van der Waals surface area contributed by atoms with Crippen molar-refractivity contribution in [2.45, 2.75) is 56.5 Å². The number of benzene rings is 2. The molecule has 2 aromatic rings. The van der Waals surface area contributed by atoms with Gasteiger partial charge >= 0.3 is 6.09 Å². The molecule has 2 N–H and O–H groups in total. The van der Waals surface area contributed by atoms with Gasteiger partial charge < -0.3 is 20.1 Å². The normalized spacial score (nSPS) is 25.5. The van der Waals surface area contributed by atoms with E-state index in [4.69, 9.17) is 4.74 Å². The predicted octanol–water partition coefficient (Wildman–Crippen LogP) is 4.32. The smallest absolute Gasteiger partial charge is 0.410 e. The molecule has 1 fully saturated rings. The van der Waals surface area contributed by atoms with Crippen LogP contribution in [-0.4, -0.2) is 48.9 Å². The van der Waals surface area contributed by atoms with Crippen molar-refractivity contribution in [2.24, 2.45) is 5.92 Å². The number of fused-ring (bicyclic) bond motifs is 3. The number of amides is 1. The lowest BCUT2D eigenvalue weighted by atomic mass is 9.52. The van der Waals surface area contributed by atoms with Crippen LogP contribution in [0.3, 0.4) is 0 Å². The number of aliphatic hydroxyl groups is 1. The number of carbonyl (C=O) groups excluding carboxylic acids is 1. The van der Waals surface area contributed by atoms with E-state index in [-0.39, 0.29) is 5.41 Å². The highest BCUT2D eigenvalue weighted by atomic mass is 16.6. The van der Waals surface area contributed by atoms with Crippen molar-refractivity contribution >= 4 is 6.09 Å². The second-order valence-electron chi connectivity index (χ2n) is 10.1. The van der Waals surface area contributed by atoms with E-state index in [1.54, 1.807) is 6.92 Å². The molecule has 1 amide bonds.